The number of fused-ring (bicyclic) bond motifs is 1. The van der Waals surface area contributed by atoms with E-state index < -0.39 is 90.8 Å². The molecule has 0 unspecified atom stereocenters. The zero-order chi connectivity index (χ0) is 29.6. The third kappa shape index (κ3) is 5.03. The van der Waals surface area contributed by atoms with Crippen LogP contribution in [0.2, 0.25) is 0 Å². The Balaban J connectivity index is 1.52. The summed E-state index contributed by atoms with van der Waals surface area (Å²) in [5.41, 5.74) is -2.85. The van der Waals surface area contributed by atoms with Crippen LogP contribution < -0.4 is 10.2 Å². The quantitative estimate of drug-likeness (QED) is 0.166. The van der Waals surface area contributed by atoms with Gasteiger partial charge in [-0.3, -0.25) is 4.79 Å². The second-order valence-corrected chi connectivity index (χ2v) is 9.98. The van der Waals surface area contributed by atoms with Gasteiger partial charge in [-0.05, 0) is 24.3 Å². The largest absolute Gasteiger partial charge is 0.507 e. The predicted molar refractivity (Wildman–Crippen MR) is 137 cm³/mol. The molecule has 3 aromatic rings. The van der Waals surface area contributed by atoms with Crippen molar-refractivity contribution in [3.63, 3.8) is 0 Å². The molecule has 0 bridgehead atoms. The number of ether oxygens (including phenoxy) is 4. The fourth-order valence-corrected chi connectivity index (χ4v) is 5.03. The Hall–Kier alpha value is -3.31. The highest BCUT2D eigenvalue weighted by molar-refractivity contribution is 5.88. The highest BCUT2D eigenvalue weighted by Crippen LogP contribution is 2.45. The van der Waals surface area contributed by atoms with Gasteiger partial charge >= 0.3 is 0 Å². The van der Waals surface area contributed by atoms with E-state index in [1.165, 1.54) is 7.11 Å². The summed E-state index contributed by atoms with van der Waals surface area (Å²) in [6, 6.07) is 8.80. The molecule has 2 saturated heterocycles. The van der Waals surface area contributed by atoms with Crippen molar-refractivity contribution in [2.24, 2.45) is 0 Å². The van der Waals surface area contributed by atoms with Gasteiger partial charge in [-0.25, -0.2) is 0 Å². The SMILES string of the molecule is COc1ccc(-c2cc(=O)c3c(O)c([C@@H]4O[C@H](CO)[C@@H](O)[C@H](O[C@@H]5OC[C@@](O)(CO)[C@@H]5O)[C@H]4O)c(O)cc3o2)cc1. The van der Waals surface area contributed by atoms with Crippen LogP contribution in [0.15, 0.2) is 45.6 Å². The number of methoxy groups -OCH3 is 1. The number of phenols is 2. The number of hydrogen-bond donors (Lipinski definition) is 8. The second-order valence-electron chi connectivity index (χ2n) is 9.98. The van der Waals surface area contributed by atoms with E-state index in [2.05, 4.69) is 0 Å². The first-order valence-electron chi connectivity index (χ1n) is 12.6. The zero-order valence-electron chi connectivity index (χ0n) is 21.7. The average Bonchev–Trinajstić information content (AvgIpc) is 3.25. The fourth-order valence-electron chi connectivity index (χ4n) is 5.03. The van der Waals surface area contributed by atoms with Crippen LogP contribution in [0, 0.1) is 0 Å². The summed E-state index contributed by atoms with van der Waals surface area (Å²) in [6.07, 6.45) is -11.7. The van der Waals surface area contributed by atoms with Crippen LogP contribution in [0.1, 0.15) is 11.7 Å². The number of aliphatic hydroxyl groups is 6. The lowest BCUT2D eigenvalue weighted by Crippen LogP contribution is -2.58. The monoisotopic (exact) mass is 578 g/mol. The van der Waals surface area contributed by atoms with E-state index >= 15 is 0 Å². The number of benzene rings is 2. The first-order chi connectivity index (χ1) is 19.5. The van der Waals surface area contributed by atoms with Crippen molar-refractivity contribution in [2.75, 3.05) is 26.9 Å². The van der Waals surface area contributed by atoms with Crippen molar-refractivity contribution in [1.82, 2.24) is 0 Å². The zero-order valence-corrected chi connectivity index (χ0v) is 21.7. The molecule has 2 fully saturated rings. The van der Waals surface area contributed by atoms with Crippen molar-refractivity contribution in [3.8, 4) is 28.6 Å². The van der Waals surface area contributed by atoms with Gasteiger partial charge in [0.1, 0.15) is 76.2 Å². The highest BCUT2D eigenvalue weighted by Gasteiger charge is 2.53. The summed E-state index contributed by atoms with van der Waals surface area (Å²) in [5, 5.41) is 83.3. The molecule has 2 aromatic carbocycles. The third-order valence-electron chi connectivity index (χ3n) is 7.41. The molecule has 0 radical (unpaired) electrons. The van der Waals surface area contributed by atoms with Crippen LogP contribution in [0.4, 0.5) is 0 Å². The minimum absolute atomic E-state index is 0.139. The smallest absolute Gasteiger partial charge is 0.197 e. The summed E-state index contributed by atoms with van der Waals surface area (Å²) < 4.78 is 27.3. The van der Waals surface area contributed by atoms with E-state index in [0.29, 0.717) is 11.3 Å². The predicted octanol–water partition coefficient (Wildman–Crippen LogP) is -1.14. The Bertz CT molecular complexity index is 1460. The summed E-state index contributed by atoms with van der Waals surface area (Å²) in [6.45, 7) is -2.17. The van der Waals surface area contributed by atoms with Crippen LogP contribution in [-0.2, 0) is 14.2 Å². The summed E-state index contributed by atoms with van der Waals surface area (Å²) in [7, 11) is 1.50. The van der Waals surface area contributed by atoms with Crippen LogP contribution in [0.5, 0.6) is 17.2 Å². The van der Waals surface area contributed by atoms with Gasteiger partial charge in [0.2, 0.25) is 0 Å². The Morgan fingerprint density at radius 2 is 1.76 bits per heavy atom. The van der Waals surface area contributed by atoms with Crippen molar-refractivity contribution >= 4 is 11.0 Å². The van der Waals surface area contributed by atoms with Gasteiger partial charge in [-0.2, -0.15) is 0 Å². The minimum atomic E-state index is -2.06. The van der Waals surface area contributed by atoms with Crippen LogP contribution in [0.25, 0.3) is 22.3 Å². The van der Waals surface area contributed by atoms with Crippen molar-refractivity contribution in [2.45, 2.75) is 48.5 Å². The topological polar surface area (TPSA) is 229 Å². The molecule has 41 heavy (non-hydrogen) atoms. The molecule has 0 amide bonds. The van der Waals surface area contributed by atoms with E-state index in [1.807, 2.05) is 0 Å². The molecule has 8 atom stereocenters. The maximum atomic E-state index is 13.1. The summed E-state index contributed by atoms with van der Waals surface area (Å²) in [4.78, 5) is 13.1. The van der Waals surface area contributed by atoms with Gasteiger partial charge in [0.05, 0.1) is 32.5 Å². The average molecular weight is 579 g/mol. The van der Waals surface area contributed by atoms with Crippen molar-refractivity contribution in [1.29, 1.82) is 0 Å². The molecule has 222 valence electrons. The first kappa shape index (κ1) is 29.2. The summed E-state index contributed by atoms with van der Waals surface area (Å²) in [5.74, 6) is -0.708. The Labute approximate surface area is 231 Å². The Morgan fingerprint density at radius 1 is 1.05 bits per heavy atom. The van der Waals surface area contributed by atoms with Crippen molar-refractivity contribution in [3.05, 3.63) is 52.2 Å². The Morgan fingerprint density at radius 3 is 2.37 bits per heavy atom. The van der Waals surface area contributed by atoms with Crippen LogP contribution in [0.3, 0.4) is 0 Å². The van der Waals surface area contributed by atoms with Gasteiger partial charge in [0.15, 0.2) is 11.7 Å². The van der Waals surface area contributed by atoms with E-state index in [1.54, 1.807) is 24.3 Å². The molecule has 14 nitrogen and oxygen atoms in total. The van der Waals surface area contributed by atoms with E-state index in [4.69, 9.17) is 23.4 Å². The molecule has 2 aliphatic rings. The highest BCUT2D eigenvalue weighted by atomic mass is 16.7. The number of rotatable bonds is 7. The van der Waals surface area contributed by atoms with Crippen LogP contribution in [-0.4, -0.2) is 110 Å². The lowest BCUT2D eigenvalue weighted by molar-refractivity contribution is -0.286. The van der Waals surface area contributed by atoms with Gasteiger partial charge in [-0.15, -0.1) is 0 Å². The van der Waals surface area contributed by atoms with E-state index in [0.717, 1.165) is 12.1 Å². The van der Waals surface area contributed by atoms with E-state index in [9.17, 15) is 45.6 Å². The molecule has 8 N–H and O–H groups in total. The number of aliphatic hydroxyl groups excluding tert-OH is 5. The fraction of sp³-hybridized carbons (Fsp3) is 0.444. The standard InChI is InChI=1S/C27H30O14/c1-37-12-4-2-11(3-5-12)15-6-13(30)18-16(39-15)7-14(31)19(21(18)33)23-22(34)24(20(32)17(8-28)40-23)41-26-25(35)27(36,9-29)10-38-26/h2-7,17,20,22-26,28-29,31-36H,8-10H2,1H3/t17-,20-,22+,23+,24+,25-,26+,27+/m1/s1. The lowest BCUT2D eigenvalue weighted by Gasteiger charge is -2.43. The maximum Gasteiger partial charge on any atom is 0.197 e. The number of aromatic hydroxyl groups is 2. The van der Waals surface area contributed by atoms with Gasteiger partial charge in [-0.1, -0.05) is 0 Å². The van der Waals surface area contributed by atoms with E-state index in [-0.39, 0.29) is 16.7 Å². The molecule has 14 heteroatoms. The normalized spacial score (nSPS) is 31.9. The minimum Gasteiger partial charge on any atom is -0.507 e. The van der Waals surface area contributed by atoms with Gasteiger partial charge in [0.25, 0.3) is 0 Å². The van der Waals surface area contributed by atoms with Gasteiger partial charge in [0, 0.05) is 17.7 Å². The molecular weight excluding hydrogens is 548 g/mol. The molecule has 1 aromatic heterocycles. The second kappa shape index (κ2) is 11.2. The van der Waals surface area contributed by atoms with Crippen LogP contribution >= 0.6 is 0 Å². The Kier molecular flexibility index (Phi) is 7.95. The maximum absolute atomic E-state index is 13.1. The third-order valence-corrected chi connectivity index (χ3v) is 7.41. The number of phenolic OH excluding ortho intramolecular Hbond substituents is 2. The molecule has 0 saturated carbocycles. The molecule has 0 spiro atoms. The van der Waals surface area contributed by atoms with Gasteiger partial charge < -0.3 is 64.2 Å². The summed E-state index contributed by atoms with van der Waals surface area (Å²) >= 11 is 0. The number of hydrogen-bond acceptors (Lipinski definition) is 14. The van der Waals surface area contributed by atoms with Crippen molar-refractivity contribution < 1.29 is 64.2 Å². The lowest BCUT2D eigenvalue weighted by atomic mass is 9.89. The molecular formula is C27H30O14. The molecule has 5 rings (SSSR count). The molecule has 0 aliphatic carbocycles. The molecule has 3 heterocycles. The molecule has 2 aliphatic heterocycles. The first-order valence-corrected chi connectivity index (χ1v) is 12.6.